The summed E-state index contributed by atoms with van der Waals surface area (Å²) in [6.45, 7) is 0.207. The predicted octanol–water partition coefficient (Wildman–Crippen LogP) is 0.218. The summed E-state index contributed by atoms with van der Waals surface area (Å²) >= 11 is 0. The molecule has 1 aromatic carbocycles. The van der Waals surface area contributed by atoms with Crippen LogP contribution in [0.2, 0.25) is 0 Å². The second-order valence-electron chi connectivity index (χ2n) is 5.06. The van der Waals surface area contributed by atoms with Crippen LogP contribution in [0.5, 0.6) is 0 Å². The van der Waals surface area contributed by atoms with Crippen LogP contribution in [0.25, 0.3) is 11.0 Å². The van der Waals surface area contributed by atoms with Gasteiger partial charge in [0.2, 0.25) is 5.09 Å². The van der Waals surface area contributed by atoms with Crippen molar-refractivity contribution in [2.45, 2.75) is 24.0 Å². The third kappa shape index (κ3) is 4.46. The number of rotatable bonds is 8. The molecule has 1 aromatic heterocycles. The van der Waals surface area contributed by atoms with Gasteiger partial charge >= 0.3 is 5.97 Å². The van der Waals surface area contributed by atoms with Gasteiger partial charge in [0.05, 0.1) is 0 Å². The average Bonchev–Trinajstić information content (AvgIpc) is 2.94. The molecule has 1 unspecified atom stereocenters. The van der Waals surface area contributed by atoms with Crippen LogP contribution in [-0.4, -0.2) is 38.0 Å². The average molecular weight is 354 g/mol. The van der Waals surface area contributed by atoms with Crippen molar-refractivity contribution >= 4 is 32.9 Å². The summed E-state index contributed by atoms with van der Waals surface area (Å²) in [6.07, 6.45) is 0.336. The number of carboxylic acids is 1. The van der Waals surface area contributed by atoms with Crippen LogP contribution in [0.15, 0.2) is 44.8 Å². The topological polar surface area (TPSA) is 161 Å². The van der Waals surface area contributed by atoms with Gasteiger partial charge in [-0.1, -0.05) is 18.2 Å². The number of aliphatic imine (C=N–C) groups is 1. The highest BCUT2D eigenvalue weighted by molar-refractivity contribution is 7.89. The van der Waals surface area contributed by atoms with Crippen molar-refractivity contribution in [1.29, 1.82) is 0 Å². The summed E-state index contributed by atoms with van der Waals surface area (Å²) in [7, 11) is -4.10. The second-order valence-corrected chi connectivity index (χ2v) is 6.71. The van der Waals surface area contributed by atoms with E-state index in [1.807, 2.05) is 0 Å². The normalized spacial score (nSPS) is 12.8. The number of fused-ring (bicyclic) bond motifs is 1. The summed E-state index contributed by atoms with van der Waals surface area (Å²) < 4.78 is 32.0. The molecule has 0 saturated heterocycles. The lowest BCUT2D eigenvalue weighted by molar-refractivity contribution is -0.139. The summed E-state index contributed by atoms with van der Waals surface area (Å²) in [6, 6.07) is 6.80. The van der Waals surface area contributed by atoms with E-state index in [1.165, 1.54) is 6.07 Å². The first-order valence-electron chi connectivity index (χ1n) is 7.09. The molecule has 10 heteroatoms. The van der Waals surface area contributed by atoms with Crippen LogP contribution in [0.4, 0.5) is 0 Å². The molecule has 0 bridgehead atoms. The van der Waals surface area contributed by atoms with Gasteiger partial charge in [0.15, 0.2) is 5.96 Å². The van der Waals surface area contributed by atoms with Gasteiger partial charge in [-0.15, -0.1) is 0 Å². The minimum absolute atomic E-state index is 0.0333. The molecule has 0 saturated carbocycles. The molecule has 0 aliphatic heterocycles. The zero-order chi connectivity index (χ0) is 17.7. The Morgan fingerprint density at radius 2 is 2.04 bits per heavy atom. The standard InChI is InChI=1S/C14H18N4O5S/c15-14(16)17-7-3-5-10(13(19)20)18-24(21,22)12-8-9-4-1-2-6-11(9)23-12/h1-2,4,6,8,10,18H,3,5,7H2,(H,19,20)(H4,15,16,17). The Morgan fingerprint density at radius 1 is 1.33 bits per heavy atom. The lowest BCUT2D eigenvalue weighted by atomic mass is 10.2. The minimum Gasteiger partial charge on any atom is -0.480 e. The molecule has 2 rings (SSSR count). The third-order valence-electron chi connectivity index (χ3n) is 3.21. The molecule has 0 spiro atoms. The van der Waals surface area contributed by atoms with Gasteiger partial charge in [-0.05, 0) is 18.9 Å². The number of guanidine groups is 1. The van der Waals surface area contributed by atoms with E-state index < -0.39 is 22.0 Å². The number of hydrogen-bond donors (Lipinski definition) is 4. The monoisotopic (exact) mass is 354 g/mol. The number of para-hydroxylation sites is 1. The number of nitrogens with zero attached hydrogens (tertiary/aromatic N) is 1. The van der Waals surface area contributed by atoms with E-state index >= 15 is 0 Å². The Morgan fingerprint density at radius 3 is 2.67 bits per heavy atom. The smallest absolute Gasteiger partial charge is 0.321 e. The number of carboxylic acid groups (broad SMARTS) is 1. The number of nitrogens with one attached hydrogen (secondary N) is 1. The molecule has 9 nitrogen and oxygen atoms in total. The third-order valence-corrected chi connectivity index (χ3v) is 4.53. The van der Waals surface area contributed by atoms with E-state index in [0.717, 1.165) is 0 Å². The van der Waals surface area contributed by atoms with Gasteiger partial charge in [-0.2, -0.15) is 4.72 Å². The van der Waals surface area contributed by atoms with Crippen molar-refractivity contribution in [2.24, 2.45) is 16.5 Å². The molecular weight excluding hydrogens is 336 g/mol. The molecule has 6 N–H and O–H groups in total. The lowest BCUT2D eigenvalue weighted by Crippen LogP contribution is -2.40. The number of aliphatic carboxylic acids is 1. The molecular formula is C14H18N4O5S. The molecule has 2 aromatic rings. The van der Waals surface area contributed by atoms with Crippen molar-refractivity contribution in [1.82, 2.24) is 4.72 Å². The Balaban J connectivity index is 2.11. The van der Waals surface area contributed by atoms with Crippen molar-refractivity contribution in [2.75, 3.05) is 6.54 Å². The largest absolute Gasteiger partial charge is 0.480 e. The summed E-state index contributed by atoms with van der Waals surface area (Å²) in [4.78, 5) is 15.0. The van der Waals surface area contributed by atoms with E-state index in [2.05, 4.69) is 9.71 Å². The summed E-state index contributed by atoms with van der Waals surface area (Å²) in [5, 5.41) is 9.46. The van der Waals surface area contributed by atoms with Crippen molar-refractivity contribution in [3.63, 3.8) is 0 Å². The van der Waals surface area contributed by atoms with E-state index in [9.17, 15) is 18.3 Å². The Labute approximate surface area is 138 Å². The van der Waals surface area contributed by atoms with Crippen molar-refractivity contribution in [3.05, 3.63) is 30.3 Å². The van der Waals surface area contributed by atoms with Crippen LogP contribution < -0.4 is 16.2 Å². The summed E-state index contributed by atoms with van der Waals surface area (Å²) in [5.74, 6) is -1.40. The Hall–Kier alpha value is -2.59. The van der Waals surface area contributed by atoms with Gasteiger partial charge in [0.1, 0.15) is 11.6 Å². The first kappa shape index (κ1) is 17.8. The number of hydrogen-bond acceptors (Lipinski definition) is 5. The molecule has 0 fully saturated rings. The van der Waals surface area contributed by atoms with Gasteiger partial charge in [-0.25, -0.2) is 8.42 Å². The number of carbonyl (C=O) groups is 1. The van der Waals surface area contributed by atoms with E-state index in [4.69, 9.17) is 15.9 Å². The first-order valence-corrected chi connectivity index (χ1v) is 8.57. The molecule has 1 atom stereocenters. The SMILES string of the molecule is NC(N)=NCCCC(NS(=O)(=O)c1cc2ccccc2o1)C(=O)O. The predicted molar refractivity (Wildman–Crippen MR) is 87.9 cm³/mol. The van der Waals surface area contributed by atoms with Gasteiger partial charge in [0, 0.05) is 18.0 Å². The number of furan rings is 1. The number of nitrogens with two attached hydrogens (primary N) is 2. The van der Waals surface area contributed by atoms with Gasteiger partial charge in [0.25, 0.3) is 10.0 Å². The quantitative estimate of drug-likeness (QED) is 0.299. The molecule has 0 amide bonds. The van der Waals surface area contributed by atoms with Gasteiger partial charge < -0.3 is 21.0 Å². The molecule has 0 radical (unpaired) electrons. The number of benzene rings is 1. The first-order chi connectivity index (χ1) is 11.3. The van der Waals surface area contributed by atoms with Crippen LogP contribution in [0.3, 0.4) is 0 Å². The zero-order valence-corrected chi connectivity index (χ0v) is 13.5. The molecule has 0 aliphatic rings. The molecule has 1 heterocycles. The van der Waals surface area contributed by atoms with E-state index in [1.54, 1.807) is 24.3 Å². The Kier molecular flexibility index (Phi) is 5.42. The molecule has 0 aliphatic carbocycles. The maximum atomic E-state index is 12.3. The highest BCUT2D eigenvalue weighted by Crippen LogP contribution is 2.22. The molecule has 130 valence electrons. The fourth-order valence-corrected chi connectivity index (χ4v) is 3.26. The Bertz CT molecular complexity index is 822. The van der Waals surface area contributed by atoms with Crippen molar-refractivity contribution in [3.8, 4) is 0 Å². The van der Waals surface area contributed by atoms with Crippen molar-refractivity contribution < 1.29 is 22.7 Å². The zero-order valence-electron chi connectivity index (χ0n) is 12.7. The maximum absolute atomic E-state index is 12.3. The molecule has 24 heavy (non-hydrogen) atoms. The van der Waals surface area contributed by atoms with Crippen LogP contribution >= 0.6 is 0 Å². The fourth-order valence-electron chi connectivity index (χ4n) is 2.07. The second kappa shape index (κ2) is 7.32. The van der Waals surface area contributed by atoms with E-state index in [0.29, 0.717) is 17.4 Å². The minimum atomic E-state index is -4.10. The number of sulfonamides is 1. The van der Waals surface area contributed by atoms with Crippen LogP contribution in [0, 0.1) is 0 Å². The van der Waals surface area contributed by atoms with Crippen LogP contribution in [0.1, 0.15) is 12.8 Å². The highest BCUT2D eigenvalue weighted by atomic mass is 32.2. The fraction of sp³-hybridized carbons (Fsp3) is 0.286. The summed E-state index contributed by atoms with van der Waals surface area (Å²) in [5.41, 5.74) is 10.7. The van der Waals surface area contributed by atoms with Gasteiger partial charge in [-0.3, -0.25) is 9.79 Å². The maximum Gasteiger partial charge on any atom is 0.321 e. The van der Waals surface area contributed by atoms with E-state index in [-0.39, 0.29) is 24.0 Å². The van der Waals surface area contributed by atoms with Crippen LogP contribution in [-0.2, 0) is 14.8 Å². The highest BCUT2D eigenvalue weighted by Gasteiger charge is 2.27. The lowest BCUT2D eigenvalue weighted by Gasteiger charge is -2.12.